The lowest BCUT2D eigenvalue weighted by molar-refractivity contribution is -0.115. The quantitative estimate of drug-likeness (QED) is 0.816. The zero-order valence-corrected chi connectivity index (χ0v) is 10.9. The van der Waals surface area contributed by atoms with E-state index in [-0.39, 0.29) is 11.8 Å². The van der Waals surface area contributed by atoms with E-state index in [0.29, 0.717) is 6.42 Å². The van der Waals surface area contributed by atoms with E-state index in [1.807, 2.05) is 30.5 Å². The second-order valence-corrected chi connectivity index (χ2v) is 4.53. The summed E-state index contributed by atoms with van der Waals surface area (Å²) in [4.78, 5) is 13.7. The monoisotopic (exact) mass is 245 g/mol. The fraction of sp³-hybridized carbons (Fsp3) is 0.400. The Labute approximate surface area is 108 Å². The summed E-state index contributed by atoms with van der Waals surface area (Å²) >= 11 is 0. The van der Waals surface area contributed by atoms with Gasteiger partial charge in [-0.3, -0.25) is 4.79 Å². The van der Waals surface area contributed by atoms with Crippen molar-refractivity contribution < 1.29 is 9.53 Å². The van der Waals surface area contributed by atoms with Gasteiger partial charge in [-0.15, -0.1) is 0 Å². The highest BCUT2D eigenvalue weighted by molar-refractivity contribution is 5.92. The molecule has 1 aromatic carbocycles. The maximum Gasteiger partial charge on any atom is 0.159 e. The Balaban J connectivity index is 2.22. The molecule has 1 unspecified atom stereocenters. The number of nitrogens with zero attached hydrogens (tertiary/aromatic N) is 1. The largest absolute Gasteiger partial charge is 0.497 e. The van der Waals surface area contributed by atoms with Gasteiger partial charge in [0.25, 0.3) is 0 Å². The third-order valence-electron chi connectivity index (χ3n) is 3.24. The SMILES string of the molecule is CCCC1CC(=O)C=CN1c1ccc(OC)cc1. The summed E-state index contributed by atoms with van der Waals surface area (Å²) in [5.41, 5.74) is 1.11. The van der Waals surface area contributed by atoms with E-state index in [1.54, 1.807) is 13.2 Å². The average Bonchev–Trinajstić information content (AvgIpc) is 2.40. The van der Waals surface area contributed by atoms with Gasteiger partial charge < -0.3 is 9.64 Å². The number of benzene rings is 1. The van der Waals surface area contributed by atoms with Crippen LogP contribution in [0.2, 0.25) is 0 Å². The zero-order chi connectivity index (χ0) is 13.0. The van der Waals surface area contributed by atoms with Gasteiger partial charge in [0.05, 0.1) is 7.11 Å². The highest BCUT2D eigenvalue weighted by Crippen LogP contribution is 2.26. The Morgan fingerprint density at radius 3 is 2.67 bits per heavy atom. The van der Waals surface area contributed by atoms with E-state index in [1.165, 1.54) is 0 Å². The van der Waals surface area contributed by atoms with Crippen molar-refractivity contribution in [2.75, 3.05) is 12.0 Å². The van der Waals surface area contributed by atoms with Gasteiger partial charge in [-0.2, -0.15) is 0 Å². The molecule has 0 aromatic heterocycles. The van der Waals surface area contributed by atoms with Gasteiger partial charge in [-0.25, -0.2) is 0 Å². The smallest absolute Gasteiger partial charge is 0.159 e. The highest BCUT2D eigenvalue weighted by Gasteiger charge is 2.22. The number of methoxy groups -OCH3 is 1. The number of hydrogen-bond acceptors (Lipinski definition) is 3. The van der Waals surface area contributed by atoms with Crippen LogP contribution in [0, 0.1) is 0 Å². The Kier molecular flexibility index (Phi) is 4.03. The van der Waals surface area contributed by atoms with Gasteiger partial charge in [0.1, 0.15) is 5.75 Å². The molecule has 0 aliphatic carbocycles. The third kappa shape index (κ3) is 2.73. The molecule has 2 rings (SSSR count). The van der Waals surface area contributed by atoms with E-state index in [0.717, 1.165) is 24.3 Å². The summed E-state index contributed by atoms with van der Waals surface area (Å²) in [6.07, 6.45) is 6.28. The Hall–Kier alpha value is -1.77. The Bertz CT molecular complexity index is 436. The van der Waals surface area contributed by atoms with Crippen LogP contribution in [-0.2, 0) is 4.79 Å². The minimum atomic E-state index is 0.221. The van der Waals surface area contributed by atoms with Crippen molar-refractivity contribution in [2.45, 2.75) is 32.2 Å². The summed E-state index contributed by atoms with van der Waals surface area (Å²) in [5, 5.41) is 0. The molecule has 3 nitrogen and oxygen atoms in total. The van der Waals surface area contributed by atoms with E-state index in [9.17, 15) is 4.79 Å². The molecule has 0 N–H and O–H groups in total. The molecular formula is C15H19NO2. The second-order valence-electron chi connectivity index (χ2n) is 4.53. The van der Waals surface area contributed by atoms with Crippen LogP contribution in [0.1, 0.15) is 26.2 Å². The van der Waals surface area contributed by atoms with Gasteiger partial charge in [-0.05, 0) is 36.8 Å². The van der Waals surface area contributed by atoms with Crippen molar-refractivity contribution in [3.8, 4) is 5.75 Å². The molecule has 0 saturated carbocycles. The first-order chi connectivity index (χ1) is 8.74. The van der Waals surface area contributed by atoms with Crippen molar-refractivity contribution in [3.05, 3.63) is 36.5 Å². The van der Waals surface area contributed by atoms with Crippen molar-refractivity contribution in [1.29, 1.82) is 0 Å². The molecule has 0 fully saturated rings. The van der Waals surface area contributed by atoms with E-state index in [2.05, 4.69) is 11.8 Å². The maximum absolute atomic E-state index is 11.5. The third-order valence-corrected chi connectivity index (χ3v) is 3.24. The average molecular weight is 245 g/mol. The molecule has 1 atom stereocenters. The van der Waals surface area contributed by atoms with Crippen LogP contribution in [0.4, 0.5) is 5.69 Å². The van der Waals surface area contributed by atoms with Crippen LogP contribution in [0.5, 0.6) is 5.75 Å². The molecular weight excluding hydrogens is 226 g/mol. The maximum atomic E-state index is 11.5. The summed E-state index contributed by atoms with van der Waals surface area (Å²) in [6, 6.07) is 8.23. The van der Waals surface area contributed by atoms with Gasteiger partial charge in [0, 0.05) is 24.4 Å². The number of carbonyl (C=O) groups excluding carboxylic acids is 1. The first-order valence-electron chi connectivity index (χ1n) is 6.38. The Morgan fingerprint density at radius 1 is 1.33 bits per heavy atom. The van der Waals surface area contributed by atoms with Crippen LogP contribution in [-0.4, -0.2) is 18.9 Å². The highest BCUT2D eigenvalue weighted by atomic mass is 16.5. The fourth-order valence-corrected chi connectivity index (χ4v) is 2.31. The molecule has 0 saturated heterocycles. The fourth-order valence-electron chi connectivity index (χ4n) is 2.31. The van der Waals surface area contributed by atoms with Crippen molar-refractivity contribution in [2.24, 2.45) is 0 Å². The number of allylic oxidation sites excluding steroid dienone is 1. The van der Waals surface area contributed by atoms with Crippen LogP contribution in [0.15, 0.2) is 36.5 Å². The van der Waals surface area contributed by atoms with Crippen LogP contribution < -0.4 is 9.64 Å². The number of ketones is 1. The van der Waals surface area contributed by atoms with Crippen molar-refractivity contribution in [1.82, 2.24) is 0 Å². The van der Waals surface area contributed by atoms with Gasteiger partial charge in [-0.1, -0.05) is 13.3 Å². The second kappa shape index (κ2) is 5.71. The molecule has 1 aromatic rings. The lowest BCUT2D eigenvalue weighted by atomic mass is 10.00. The van der Waals surface area contributed by atoms with Gasteiger partial charge >= 0.3 is 0 Å². The lowest BCUT2D eigenvalue weighted by Gasteiger charge is -2.32. The minimum absolute atomic E-state index is 0.221. The van der Waals surface area contributed by atoms with E-state index >= 15 is 0 Å². The molecule has 0 spiro atoms. The number of carbonyl (C=O) groups is 1. The number of rotatable bonds is 4. The molecule has 0 radical (unpaired) electrons. The predicted molar refractivity (Wildman–Crippen MR) is 72.9 cm³/mol. The normalized spacial score (nSPS) is 19.1. The molecule has 3 heteroatoms. The number of hydrogen-bond donors (Lipinski definition) is 0. The minimum Gasteiger partial charge on any atom is -0.497 e. The summed E-state index contributed by atoms with van der Waals surface area (Å²) in [7, 11) is 1.66. The molecule has 0 amide bonds. The number of ether oxygens (including phenoxy) is 1. The molecule has 1 aliphatic heterocycles. The molecule has 0 bridgehead atoms. The van der Waals surface area contributed by atoms with Crippen molar-refractivity contribution >= 4 is 11.5 Å². The van der Waals surface area contributed by atoms with Crippen LogP contribution >= 0.6 is 0 Å². The Morgan fingerprint density at radius 2 is 2.06 bits per heavy atom. The van der Waals surface area contributed by atoms with E-state index in [4.69, 9.17) is 4.74 Å². The predicted octanol–water partition coefficient (Wildman–Crippen LogP) is 3.16. The van der Waals surface area contributed by atoms with Crippen molar-refractivity contribution in [3.63, 3.8) is 0 Å². The molecule has 18 heavy (non-hydrogen) atoms. The first-order valence-corrected chi connectivity index (χ1v) is 6.38. The first kappa shape index (κ1) is 12.7. The number of anilines is 1. The summed E-state index contributed by atoms with van der Waals surface area (Å²) in [5.74, 6) is 1.07. The topological polar surface area (TPSA) is 29.5 Å². The van der Waals surface area contributed by atoms with Crippen LogP contribution in [0.3, 0.4) is 0 Å². The zero-order valence-electron chi connectivity index (χ0n) is 10.9. The standard InChI is InChI=1S/C15H19NO2/c1-3-4-13-11-14(17)9-10-16(13)12-5-7-15(18-2)8-6-12/h5-10,13H,3-4,11H2,1-2H3. The lowest BCUT2D eigenvalue weighted by Crippen LogP contribution is -2.35. The van der Waals surface area contributed by atoms with E-state index < -0.39 is 0 Å². The molecule has 96 valence electrons. The van der Waals surface area contributed by atoms with Gasteiger partial charge in [0.15, 0.2) is 5.78 Å². The molecule has 1 heterocycles. The molecule has 1 aliphatic rings. The summed E-state index contributed by atoms with van der Waals surface area (Å²) in [6.45, 7) is 2.15. The van der Waals surface area contributed by atoms with Gasteiger partial charge in [0.2, 0.25) is 0 Å². The summed E-state index contributed by atoms with van der Waals surface area (Å²) < 4.78 is 5.16. The van der Waals surface area contributed by atoms with Crippen LogP contribution in [0.25, 0.3) is 0 Å².